The van der Waals surface area contributed by atoms with Crippen LogP contribution in [0.4, 0.5) is 0 Å². The summed E-state index contributed by atoms with van der Waals surface area (Å²) in [7, 11) is 3.94. The summed E-state index contributed by atoms with van der Waals surface area (Å²) in [6.07, 6.45) is 3.55. The number of aliphatic imine (C=N–C) groups is 1. The molecule has 0 radical (unpaired) electrons. The molecule has 0 saturated carbocycles. The number of guanidine groups is 1. The average Bonchev–Trinajstić information content (AvgIpc) is 3.20. The van der Waals surface area contributed by atoms with Crippen molar-refractivity contribution in [1.82, 2.24) is 15.5 Å². The Bertz CT molecular complexity index is 559. The van der Waals surface area contributed by atoms with E-state index in [1.54, 1.807) is 7.05 Å². The predicted octanol–water partition coefficient (Wildman–Crippen LogP) is 2.39. The van der Waals surface area contributed by atoms with Gasteiger partial charge in [0.15, 0.2) is 5.96 Å². The topological polar surface area (TPSA) is 58.1 Å². The molecule has 1 heterocycles. The van der Waals surface area contributed by atoms with E-state index in [0.717, 1.165) is 71.2 Å². The Labute approximate surface area is 164 Å². The normalized spacial score (nSPS) is 17.5. The monoisotopic (exact) mass is 376 g/mol. The molecule has 152 valence electrons. The van der Waals surface area contributed by atoms with Crippen molar-refractivity contribution < 1.29 is 9.47 Å². The Morgan fingerprint density at radius 2 is 2.19 bits per heavy atom. The molecular formula is C21H36N4O2. The fourth-order valence-corrected chi connectivity index (χ4v) is 3.04. The van der Waals surface area contributed by atoms with Gasteiger partial charge in [-0.1, -0.05) is 31.2 Å². The Hall–Kier alpha value is -1.63. The minimum atomic E-state index is 0.306. The maximum absolute atomic E-state index is 5.69. The molecule has 0 aromatic heterocycles. The van der Waals surface area contributed by atoms with Crippen LogP contribution in [0.3, 0.4) is 0 Å². The number of hydrogen-bond acceptors (Lipinski definition) is 4. The highest BCUT2D eigenvalue weighted by molar-refractivity contribution is 5.79. The first-order valence-electron chi connectivity index (χ1n) is 10.1. The molecule has 6 nitrogen and oxygen atoms in total. The van der Waals surface area contributed by atoms with Crippen molar-refractivity contribution in [1.29, 1.82) is 0 Å². The van der Waals surface area contributed by atoms with Crippen LogP contribution in [0.2, 0.25) is 0 Å². The maximum atomic E-state index is 5.69. The third-order valence-corrected chi connectivity index (χ3v) is 4.75. The standard InChI is InChI=1S/C21H36N4O2/c1-4-25(3)16-19-9-5-8-18(14-19)15-24-21(22-2)23-11-7-12-26-17-20-10-6-13-27-20/h5,8-9,14,20H,4,6-7,10-13,15-17H2,1-3H3,(H2,22,23,24). The van der Waals surface area contributed by atoms with E-state index in [9.17, 15) is 0 Å². The fraction of sp³-hybridized carbons (Fsp3) is 0.667. The smallest absolute Gasteiger partial charge is 0.191 e. The molecule has 27 heavy (non-hydrogen) atoms. The maximum Gasteiger partial charge on any atom is 0.191 e. The van der Waals surface area contributed by atoms with Crippen LogP contribution in [-0.2, 0) is 22.6 Å². The van der Waals surface area contributed by atoms with Crippen molar-refractivity contribution in [2.75, 3.05) is 47.0 Å². The van der Waals surface area contributed by atoms with Crippen LogP contribution in [0.25, 0.3) is 0 Å². The Morgan fingerprint density at radius 3 is 2.93 bits per heavy atom. The van der Waals surface area contributed by atoms with E-state index in [2.05, 4.69) is 58.8 Å². The van der Waals surface area contributed by atoms with E-state index >= 15 is 0 Å². The molecule has 1 aliphatic rings. The van der Waals surface area contributed by atoms with Gasteiger partial charge in [0.05, 0.1) is 12.7 Å². The van der Waals surface area contributed by atoms with E-state index in [0.29, 0.717) is 6.10 Å². The number of rotatable bonds is 11. The summed E-state index contributed by atoms with van der Waals surface area (Å²) >= 11 is 0. The zero-order chi connectivity index (χ0) is 19.3. The number of ether oxygens (including phenoxy) is 2. The van der Waals surface area contributed by atoms with Gasteiger partial charge in [0.1, 0.15) is 0 Å². The van der Waals surface area contributed by atoms with Gasteiger partial charge in [-0.05, 0) is 44.0 Å². The Morgan fingerprint density at radius 1 is 1.33 bits per heavy atom. The van der Waals surface area contributed by atoms with Gasteiger partial charge in [0, 0.05) is 39.9 Å². The number of nitrogens with zero attached hydrogens (tertiary/aromatic N) is 2. The van der Waals surface area contributed by atoms with E-state index in [4.69, 9.17) is 9.47 Å². The molecule has 6 heteroatoms. The van der Waals surface area contributed by atoms with Gasteiger partial charge in [-0.3, -0.25) is 4.99 Å². The fourth-order valence-electron chi connectivity index (χ4n) is 3.04. The number of hydrogen-bond donors (Lipinski definition) is 2. The van der Waals surface area contributed by atoms with Gasteiger partial charge in [-0.25, -0.2) is 0 Å². The highest BCUT2D eigenvalue weighted by Gasteiger charge is 2.14. The third kappa shape index (κ3) is 8.73. The predicted molar refractivity (Wildman–Crippen MR) is 111 cm³/mol. The zero-order valence-electron chi connectivity index (χ0n) is 17.2. The third-order valence-electron chi connectivity index (χ3n) is 4.75. The molecule has 1 aliphatic heterocycles. The van der Waals surface area contributed by atoms with Crippen molar-refractivity contribution >= 4 is 5.96 Å². The molecule has 1 unspecified atom stereocenters. The molecule has 0 amide bonds. The Kier molecular flexibility index (Phi) is 10.2. The second-order valence-corrected chi connectivity index (χ2v) is 7.07. The van der Waals surface area contributed by atoms with E-state index in [1.807, 2.05) is 0 Å². The van der Waals surface area contributed by atoms with Gasteiger partial charge in [0.25, 0.3) is 0 Å². The highest BCUT2D eigenvalue weighted by Crippen LogP contribution is 2.11. The van der Waals surface area contributed by atoms with Gasteiger partial charge in [-0.2, -0.15) is 0 Å². The van der Waals surface area contributed by atoms with Crippen molar-refractivity contribution in [2.45, 2.75) is 45.4 Å². The second kappa shape index (κ2) is 12.7. The van der Waals surface area contributed by atoms with Crippen LogP contribution in [-0.4, -0.2) is 64.0 Å². The summed E-state index contributed by atoms with van der Waals surface area (Å²) < 4.78 is 11.2. The summed E-state index contributed by atoms with van der Waals surface area (Å²) in [5, 5.41) is 6.72. The van der Waals surface area contributed by atoms with Crippen molar-refractivity contribution in [3.05, 3.63) is 35.4 Å². The lowest BCUT2D eigenvalue weighted by molar-refractivity contribution is 0.0168. The molecule has 0 bridgehead atoms. The van der Waals surface area contributed by atoms with E-state index in [1.165, 1.54) is 11.1 Å². The summed E-state index contributed by atoms with van der Waals surface area (Å²) in [6.45, 7) is 8.16. The molecule has 1 aromatic rings. The van der Waals surface area contributed by atoms with Crippen LogP contribution in [0.1, 0.15) is 37.3 Å². The zero-order valence-corrected chi connectivity index (χ0v) is 17.2. The summed E-state index contributed by atoms with van der Waals surface area (Å²) in [5.41, 5.74) is 2.60. The molecular weight excluding hydrogens is 340 g/mol. The highest BCUT2D eigenvalue weighted by atomic mass is 16.5. The molecule has 1 aromatic carbocycles. The molecule has 0 aliphatic carbocycles. The van der Waals surface area contributed by atoms with Gasteiger partial charge < -0.3 is 25.0 Å². The molecule has 1 saturated heterocycles. The van der Waals surface area contributed by atoms with Crippen LogP contribution in [0.15, 0.2) is 29.3 Å². The largest absolute Gasteiger partial charge is 0.379 e. The lowest BCUT2D eigenvalue weighted by Gasteiger charge is -2.15. The minimum absolute atomic E-state index is 0.306. The SMILES string of the molecule is CCN(C)Cc1cccc(CNC(=NC)NCCCOCC2CCCO2)c1. The lowest BCUT2D eigenvalue weighted by Crippen LogP contribution is -2.37. The molecule has 0 spiro atoms. The van der Waals surface area contributed by atoms with E-state index < -0.39 is 0 Å². The quantitative estimate of drug-likeness (QED) is 0.353. The summed E-state index contributed by atoms with van der Waals surface area (Å²) in [4.78, 5) is 6.59. The van der Waals surface area contributed by atoms with Crippen LogP contribution < -0.4 is 10.6 Å². The molecule has 2 N–H and O–H groups in total. The van der Waals surface area contributed by atoms with Gasteiger partial charge in [-0.15, -0.1) is 0 Å². The van der Waals surface area contributed by atoms with Crippen molar-refractivity contribution in [3.8, 4) is 0 Å². The van der Waals surface area contributed by atoms with Gasteiger partial charge >= 0.3 is 0 Å². The number of nitrogens with one attached hydrogen (secondary N) is 2. The Balaban J connectivity index is 1.61. The molecule has 2 rings (SSSR count). The van der Waals surface area contributed by atoms with E-state index in [-0.39, 0.29) is 0 Å². The summed E-state index contributed by atoms with van der Waals surface area (Å²) in [6, 6.07) is 8.71. The average molecular weight is 377 g/mol. The summed E-state index contributed by atoms with van der Waals surface area (Å²) in [5.74, 6) is 0.824. The molecule has 1 atom stereocenters. The van der Waals surface area contributed by atoms with Crippen LogP contribution in [0, 0.1) is 0 Å². The number of benzene rings is 1. The van der Waals surface area contributed by atoms with Crippen molar-refractivity contribution in [2.24, 2.45) is 4.99 Å². The molecule has 1 fully saturated rings. The lowest BCUT2D eigenvalue weighted by atomic mass is 10.1. The second-order valence-electron chi connectivity index (χ2n) is 7.07. The van der Waals surface area contributed by atoms with Gasteiger partial charge in [0.2, 0.25) is 0 Å². The van der Waals surface area contributed by atoms with Crippen LogP contribution in [0.5, 0.6) is 0 Å². The minimum Gasteiger partial charge on any atom is -0.379 e. The van der Waals surface area contributed by atoms with Crippen molar-refractivity contribution in [3.63, 3.8) is 0 Å². The first-order valence-corrected chi connectivity index (χ1v) is 10.1. The first-order chi connectivity index (χ1) is 13.2. The first kappa shape index (κ1) is 21.7. The van der Waals surface area contributed by atoms with Crippen LogP contribution >= 0.6 is 0 Å².